The van der Waals surface area contributed by atoms with Crippen LogP contribution < -0.4 is 19.8 Å². The molecule has 30 heavy (non-hydrogen) atoms. The van der Waals surface area contributed by atoms with Crippen LogP contribution in [-0.4, -0.2) is 37.3 Å². The lowest BCUT2D eigenvalue weighted by Gasteiger charge is -2.13. The highest BCUT2D eigenvalue weighted by atomic mass is 16.5. The van der Waals surface area contributed by atoms with Crippen molar-refractivity contribution in [2.24, 2.45) is 0 Å². The number of benzene rings is 2. The maximum Gasteiger partial charge on any atom is 0.331 e. The van der Waals surface area contributed by atoms with Gasteiger partial charge >= 0.3 is 5.97 Å². The number of aromatic nitrogens is 2. The van der Waals surface area contributed by atoms with E-state index in [-0.39, 0.29) is 11.4 Å². The van der Waals surface area contributed by atoms with Crippen molar-refractivity contribution in [1.82, 2.24) is 9.97 Å². The summed E-state index contributed by atoms with van der Waals surface area (Å²) in [6, 6.07) is 10.3. The zero-order valence-corrected chi connectivity index (χ0v) is 17.1. The number of nitrogens with one attached hydrogen (secondary N) is 1. The highest BCUT2D eigenvalue weighted by Crippen LogP contribution is 2.35. The number of methoxy groups -OCH3 is 3. The number of para-hydroxylation sites is 1. The Morgan fingerprint density at radius 2 is 1.70 bits per heavy atom. The maximum atomic E-state index is 12.3. The topological polar surface area (TPSA) is 99.7 Å². The van der Waals surface area contributed by atoms with Crippen LogP contribution in [0.5, 0.6) is 17.2 Å². The largest absolute Gasteiger partial charge is 0.496 e. The van der Waals surface area contributed by atoms with Crippen LogP contribution in [0.25, 0.3) is 17.0 Å². The van der Waals surface area contributed by atoms with Crippen LogP contribution in [0.4, 0.5) is 0 Å². The molecule has 0 bridgehead atoms. The molecule has 3 aromatic rings. The zero-order valence-electron chi connectivity index (χ0n) is 17.1. The van der Waals surface area contributed by atoms with Gasteiger partial charge in [0.1, 0.15) is 5.75 Å². The lowest BCUT2D eigenvalue weighted by Crippen LogP contribution is -2.16. The van der Waals surface area contributed by atoms with Gasteiger partial charge < -0.3 is 23.9 Å². The van der Waals surface area contributed by atoms with E-state index in [4.69, 9.17) is 18.9 Å². The number of hydrogen-bond donors (Lipinski definition) is 1. The zero-order chi connectivity index (χ0) is 21.7. The van der Waals surface area contributed by atoms with Gasteiger partial charge in [0.15, 0.2) is 23.4 Å². The van der Waals surface area contributed by atoms with E-state index in [1.54, 1.807) is 49.4 Å². The van der Waals surface area contributed by atoms with Crippen LogP contribution in [0.15, 0.2) is 47.3 Å². The van der Waals surface area contributed by atoms with Gasteiger partial charge in [-0.15, -0.1) is 0 Å². The molecule has 0 aliphatic heterocycles. The minimum atomic E-state index is -0.744. The van der Waals surface area contributed by atoms with Crippen LogP contribution in [0.1, 0.15) is 24.4 Å². The van der Waals surface area contributed by atoms with Gasteiger partial charge in [0.05, 0.1) is 32.2 Å². The fourth-order valence-electron chi connectivity index (χ4n) is 2.91. The van der Waals surface area contributed by atoms with Gasteiger partial charge in [-0.1, -0.05) is 12.1 Å². The minimum Gasteiger partial charge on any atom is -0.496 e. The SMILES string of the molecule is COc1cc(OC)c(OC)cc1/C=C/C(=O)O[C@@H](C)c1nc2ccccc2c(=O)[nH]1. The van der Waals surface area contributed by atoms with Crippen LogP contribution in [0, 0.1) is 0 Å². The van der Waals surface area contributed by atoms with E-state index in [1.165, 1.54) is 27.4 Å². The lowest BCUT2D eigenvalue weighted by molar-refractivity contribution is -0.142. The number of fused-ring (bicyclic) bond motifs is 1. The molecule has 8 heteroatoms. The molecule has 3 rings (SSSR count). The van der Waals surface area contributed by atoms with Crippen molar-refractivity contribution < 1.29 is 23.7 Å². The first-order chi connectivity index (χ1) is 14.5. The highest BCUT2D eigenvalue weighted by molar-refractivity contribution is 5.88. The Kier molecular flexibility index (Phi) is 6.36. The van der Waals surface area contributed by atoms with Crippen molar-refractivity contribution in [3.63, 3.8) is 0 Å². The molecule has 0 saturated heterocycles. The molecule has 2 aromatic carbocycles. The van der Waals surface area contributed by atoms with E-state index < -0.39 is 12.1 Å². The van der Waals surface area contributed by atoms with E-state index >= 15 is 0 Å². The van der Waals surface area contributed by atoms with Gasteiger partial charge in [-0.25, -0.2) is 9.78 Å². The average molecular weight is 410 g/mol. The summed E-state index contributed by atoms with van der Waals surface area (Å²) in [6.45, 7) is 1.63. The number of carbonyl (C=O) groups is 1. The first-order valence-electron chi connectivity index (χ1n) is 9.14. The molecule has 0 aliphatic rings. The van der Waals surface area contributed by atoms with Gasteiger partial charge in [0.25, 0.3) is 5.56 Å². The Morgan fingerprint density at radius 1 is 1.03 bits per heavy atom. The van der Waals surface area contributed by atoms with Crippen molar-refractivity contribution in [1.29, 1.82) is 0 Å². The molecule has 0 saturated carbocycles. The summed E-state index contributed by atoms with van der Waals surface area (Å²) in [5, 5.41) is 0.472. The molecule has 1 N–H and O–H groups in total. The molecule has 1 heterocycles. The summed E-state index contributed by atoms with van der Waals surface area (Å²) >= 11 is 0. The molecule has 0 spiro atoms. The first kappa shape index (κ1) is 20.9. The summed E-state index contributed by atoms with van der Waals surface area (Å²) in [4.78, 5) is 31.5. The van der Waals surface area contributed by atoms with Crippen molar-refractivity contribution >= 4 is 22.9 Å². The smallest absolute Gasteiger partial charge is 0.331 e. The van der Waals surface area contributed by atoms with E-state index in [2.05, 4.69) is 9.97 Å². The normalized spacial score (nSPS) is 12.0. The van der Waals surface area contributed by atoms with E-state index in [0.29, 0.717) is 33.7 Å². The van der Waals surface area contributed by atoms with Crippen LogP contribution in [0.3, 0.4) is 0 Å². The van der Waals surface area contributed by atoms with E-state index in [1.807, 2.05) is 0 Å². The predicted octanol–water partition coefficient (Wildman–Crippen LogP) is 3.27. The number of aromatic amines is 1. The number of rotatable bonds is 7. The lowest BCUT2D eigenvalue weighted by atomic mass is 10.1. The second kappa shape index (κ2) is 9.13. The quantitative estimate of drug-likeness (QED) is 0.471. The maximum absolute atomic E-state index is 12.3. The molecule has 0 unspecified atom stereocenters. The van der Waals surface area contributed by atoms with Gasteiger partial charge in [-0.2, -0.15) is 0 Å². The van der Waals surface area contributed by atoms with Crippen LogP contribution in [-0.2, 0) is 9.53 Å². The van der Waals surface area contributed by atoms with Gasteiger partial charge in [0.2, 0.25) is 0 Å². The Morgan fingerprint density at radius 3 is 2.40 bits per heavy atom. The summed E-state index contributed by atoms with van der Waals surface area (Å²) in [6.07, 6.45) is 2.07. The summed E-state index contributed by atoms with van der Waals surface area (Å²) < 4.78 is 21.2. The van der Waals surface area contributed by atoms with Crippen molar-refractivity contribution in [2.45, 2.75) is 13.0 Å². The number of nitrogens with zero attached hydrogens (tertiary/aromatic N) is 1. The standard InChI is InChI=1S/C22H22N2O6/c1-13(21-23-16-8-6-5-7-15(16)22(26)24-21)30-20(25)10-9-14-11-18(28-3)19(29-4)12-17(14)27-2/h5-13H,1-4H3,(H,23,24,26)/b10-9+/t13-/m0/s1. The molecule has 1 aromatic heterocycles. The van der Waals surface area contributed by atoms with E-state index in [9.17, 15) is 9.59 Å². The minimum absolute atomic E-state index is 0.268. The molecule has 1 atom stereocenters. The van der Waals surface area contributed by atoms with Gasteiger partial charge in [-0.3, -0.25) is 4.79 Å². The van der Waals surface area contributed by atoms with E-state index in [0.717, 1.165) is 0 Å². The molecule has 0 fully saturated rings. The Balaban J connectivity index is 1.78. The third-order valence-electron chi connectivity index (χ3n) is 4.44. The second-order valence-corrected chi connectivity index (χ2v) is 6.33. The summed E-state index contributed by atoms with van der Waals surface area (Å²) in [7, 11) is 4.56. The molecule has 8 nitrogen and oxygen atoms in total. The fraction of sp³-hybridized carbons (Fsp3) is 0.227. The number of H-pyrrole nitrogens is 1. The van der Waals surface area contributed by atoms with Crippen molar-refractivity contribution in [2.75, 3.05) is 21.3 Å². The average Bonchev–Trinajstić information content (AvgIpc) is 2.76. The highest BCUT2D eigenvalue weighted by Gasteiger charge is 2.15. The number of ether oxygens (including phenoxy) is 4. The molecule has 0 amide bonds. The molecule has 0 radical (unpaired) electrons. The van der Waals surface area contributed by atoms with Gasteiger partial charge in [-0.05, 0) is 31.2 Å². The fourth-order valence-corrected chi connectivity index (χ4v) is 2.91. The Labute approximate surface area is 173 Å². The Hall–Kier alpha value is -3.81. The summed E-state index contributed by atoms with van der Waals surface area (Å²) in [5.41, 5.74) is 0.853. The third kappa shape index (κ3) is 4.43. The molecular weight excluding hydrogens is 388 g/mol. The number of carbonyl (C=O) groups excluding carboxylic acids is 1. The second-order valence-electron chi connectivity index (χ2n) is 6.33. The summed E-state index contributed by atoms with van der Waals surface area (Å²) in [5.74, 6) is 1.18. The molecule has 156 valence electrons. The molecular formula is C22H22N2O6. The van der Waals surface area contributed by atoms with Crippen molar-refractivity contribution in [3.8, 4) is 17.2 Å². The molecule has 0 aliphatic carbocycles. The van der Waals surface area contributed by atoms with Crippen LogP contribution in [0.2, 0.25) is 0 Å². The van der Waals surface area contributed by atoms with Crippen LogP contribution >= 0.6 is 0 Å². The van der Waals surface area contributed by atoms with Gasteiger partial charge in [0, 0.05) is 17.7 Å². The monoisotopic (exact) mass is 410 g/mol. The first-order valence-corrected chi connectivity index (χ1v) is 9.14. The van der Waals surface area contributed by atoms with Crippen molar-refractivity contribution in [3.05, 3.63) is 64.2 Å². The number of hydrogen-bond acceptors (Lipinski definition) is 7. The third-order valence-corrected chi connectivity index (χ3v) is 4.44. The number of esters is 1. The predicted molar refractivity (Wildman–Crippen MR) is 112 cm³/mol. The Bertz CT molecular complexity index is 1150.